The number of nitrogens with two attached hydrogens (primary N) is 1. The van der Waals surface area contributed by atoms with Crippen molar-refractivity contribution in [3.8, 4) is 0 Å². The number of ether oxygens (including phenoxy) is 2. The number of halogens is 1. The summed E-state index contributed by atoms with van der Waals surface area (Å²) in [7, 11) is 1.60. The van der Waals surface area contributed by atoms with Crippen molar-refractivity contribution in [3.05, 3.63) is 34.9 Å². The minimum absolute atomic E-state index is 0.128. The summed E-state index contributed by atoms with van der Waals surface area (Å²) < 4.78 is 9.94. The van der Waals surface area contributed by atoms with Gasteiger partial charge in [0.2, 0.25) is 0 Å². The minimum Gasteiger partial charge on any atom is -0.450 e. The monoisotopic (exact) mass is 243 g/mol. The lowest BCUT2D eigenvalue weighted by atomic mass is 10.1. The topological polar surface area (TPSA) is 61.6 Å². The lowest BCUT2D eigenvalue weighted by Gasteiger charge is -2.15. The van der Waals surface area contributed by atoms with Gasteiger partial charge in [0.15, 0.2) is 0 Å². The van der Waals surface area contributed by atoms with Crippen LogP contribution in [0.3, 0.4) is 0 Å². The maximum atomic E-state index is 10.4. The second-order valence-corrected chi connectivity index (χ2v) is 3.67. The molecule has 0 spiro atoms. The van der Waals surface area contributed by atoms with E-state index < -0.39 is 6.09 Å². The average Bonchev–Trinajstić information content (AvgIpc) is 2.26. The molecule has 0 aromatic heterocycles. The Hall–Kier alpha value is -1.26. The van der Waals surface area contributed by atoms with Crippen molar-refractivity contribution in [2.45, 2.75) is 12.5 Å². The molecule has 0 saturated carbocycles. The predicted molar refractivity (Wildman–Crippen MR) is 61.4 cm³/mol. The number of benzene rings is 1. The van der Waals surface area contributed by atoms with Crippen LogP contribution in [0, 0.1) is 0 Å². The molecule has 2 N–H and O–H groups in total. The van der Waals surface area contributed by atoms with Crippen LogP contribution in [0.25, 0.3) is 0 Å². The Labute approximate surface area is 99.3 Å². The van der Waals surface area contributed by atoms with E-state index in [1.165, 1.54) is 0 Å². The van der Waals surface area contributed by atoms with Gasteiger partial charge in [-0.2, -0.15) is 0 Å². The number of carbonyl (C=O) groups is 1. The number of hydrogen-bond acceptors (Lipinski definition) is 3. The van der Waals surface area contributed by atoms with Crippen molar-refractivity contribution in [2.24, 2.45) is 5.73 Å². The summed E-state index contributed by atoms with van der Waals surface area (Å²) in [5, 5.41) is 0.673. The molecule has 5 heteroatoms. The van der Waals surface area contributed by atoms with E-state index in [0.717, 1.165) is 5.56 Å². The molecule has 1 unspecified atom stereocenters. The molecule has 88 valence electrons. The molecule has 16 heavy (non-hydrogen) atoms. The minimum atomic E-state index is -0.772. The van der Waals surface area contributed by atoms with Crippen molar-refractivity contribution in [2.75, 3.05) is 13.7 Å². The molecule has 0 aliphatic heterocycles. The van der Waals surface area contributed by atoms with Crippen LogP contribution in [0.1, 0.15) is 18.1 Å². The number of hydrogen-bond donors (Lipinski definition) is 1. The first kappa shape index (κ1) is 12.8. The summed E-state index contributed by atoms with van der Waals surface area (Å²) in [6.45, 7) is 0.233. The maximum Gasteiger partial charge on any atom is 0.404 e. The second kappa shape index (κ2) is 6.35. The number of amides is 1. The number of carbonyl (C=O) groups excluding carboxylic acids is 1. The molecular weight excluding hydrogens is 230 g/mol. The van der Waals surface area contributed by atoms with E-state index in [-0.39, 0.29) is 12.7 Å². The molecule has 0 heterocycles. The molecule has 1 amide bonds. The molecular formula is C11H14ClNO3. The zero-order valence-corrected chi connectivity index (χ0v) is 9.74. The molecule has 0 aliphatic carbocycles. The van der Waals surface area contributed by atoms with Gasteiger partial charge in [-0.25, -0.2) is 4.79 Å². The van der Waals surface area contributed by atoms with Crippen molar-refractivity contribution in [3.63, 3.8) is 0 Å². The van der Waals surface area contributed by atoms with E-state index in [1.54, 1.807) is 19.2 Å². The summed E-state index contributed by atoms with van der Waals surface area (Å²) in [6, 6.07) is 7.33. The predicted octanol–water partition coefficient (Wildman–Crippen LogP) is 2.51. The van der Waals surface area contributed by atoms with Gasteiger partial charge < -0.3 is 15.2 Å². The third kappa shape index (κ3) is 4.08. The van der Waals surface area contributed by atoms with Crippen molar-refractivity contribution >= 4 is 17.7 Å². The molecule has 0 radical (unpaired) electrons. The first-order chi connectivity index (χ1) is 7.63. The zero-order valence-electron chi connectivity index (χ0n) is 8.98. The quantitative estimate of drug-likeness (QED) is 0.864. The fourth-order valence-corrected chi connectivity index (χ4v) is 1.49. The van der Waals surface area contributed by atoms with Gasteiger partial charge in [0.05, 0.1) is 12.7 Å². The fraction of sp³-hybridized carbons (Fsp3) is 0.364. The lowest BCUT2D eigenvalue weighted by Crippen LogP contribution is -2.15. The molecule has 1 aromatic carbocycles. The number of primary amides is 1. The third-order valence-electron chi connectivity index (χ3n) is 2.15. The Morgan fingerprint density at radius 1 is 1.44 bits per heavy atom. The van der Waals surface area contributed by atoms with Crippen LogP contribution < -0.4 is 5.73 Å². The van der Waals surface area contributed by atoms with E-state index in [1.807, 2.05) is 12.1 Å². The normalized spacial score (nSPS) is 12.1. The van der Waals surface area contributed by atoms with E-state index >= 15 is 0 Å². The Balaban J connectivity index is 2.53. The lowest BCUT2D eigenvalue weighted by molar-refractivity contribution is 0.0702. The van der Waals surface area contributed by atoms with Crippen molar-refractivity contribution < 1.29 is 14.3 Å². The van der Waals surface area contributed by atoms with Crippen molar-refractivity contribution in [1.29, 1.82) is 0 Å². The van der Waals surface area contributed by atoms with E-state index in [0.29, 0.717) is 11.4 Å². The largest absolute Gasteiger partial charge is 0.450 e. The molecule has 1 rings (SSSR count). The van der Waals surface area contributed by atoms with Crippen LogP contribution in [0.4, 0.5) is 4.79 Å². The number of rotatable bonds is 5. The third-order valence-corrected chi connectivity index (χ3v) is 2.40. The van der Waals surface area contributed by atoms with Gasteiger partial charge in [-0.05, 0) is 17.7 Å². The van der Waals surface area contributed by atoms with Crippen LogP contribution in [-0.4, -0.2) is 19.8 Å². The Morgan fingerprint density at radius 3 is 2.56 bits per heavy atom. The summed E-state index contributed by atoms with van der Waals surface area (Å²) in [5.41, 5.74) is 5.85. The molecule has 0 aliphatic rings. The van der Waals surface area contributed by atoms with Gasteiger partial charge in [0, 0.05) is 18.6 Å². The molecule has 4 nitrogen and oxygen atoms in total. The SMILES string of the molecule is COC(CCOC(N)=O)c1ccc(Cl)cc1. The first-order valence-electron chi connectivity index (χ1n) is 4.84. The fourth-order valence-electron chi connectivity index (χ4n) is 1.36. The highest BCUT2D eigenvalue weighted by Gasteiger charge is 2.10. The van der Waals surface area contributed by atoms with Crippen LogP contribution in [-0.2, 0) is 9.47 Å². The van der Waals surface area contributed by atoms with E-state index in [2.05, 4.69) is 4.74 Å². The van der Waals surface area contributed by atoms with E-state index in [9.17, 15) is 4.79 Å². The molecule has 1 aromatic rings. The Kier molecular flexibility index (Phi) is 5.08. The van der Waals surface area contributed by atoms with Crippen molar-refractivity contribution in [1.82, 2.24) is 0 Å². The molecule has 1 atom stereocenters. The van der Waals surface area contributed by atoms with E-state index in [4.69, 9.17) is 22.1 Å². The maximum absolute atomic E-state index is 10.4. The summed E-state index contributed by atoms with van der Waals surface area (Å²) >= 11 is 5.78. The highest BCUT2D eigenvalue weighted by atomic mass is 35.5. The average molecular weight is 244 g/mol. The van der Waals surface area contributed by atoms with Gasteiger partial charge in [0.1, 0.15) is 0 Å². The Morgan fingerprint density at radius 2 is 2.06 bits per heavy atom. The standard InChI is InChI=1S/C11H14ClNO3/c1-15-10(6-7-16-11(13)14)8-2-4-9(12)5-3-8/h2-5,10H,6-7H2,1H3,(H2,13,14). The highest BCUT2D eigenvalue weighted by Crippen LogP contribution is 2.22. The zero-order chi connectivity index (χ0) is 12.0. The van der Waals surface area contributed by atoms with Crippen LogP contribution in [0.5, 0.6) is 0 Å². The highest BCUT2D eigenvalue weighted by molar-refractivity contribution is 6.30. The van der Waals surface area contributed by atoms with Gasteiger partial charge in [-0.15, -0.1) is 0 Å². The smallest absolute Gasteiger partial charge is 0.404 e. The van der Waals surface area contributed by atoms with Crippen LogP contribution >= 0.6 is 11.6 Å². The van der Waals surface area contributed by atoms with Gasteiger partial charge >= 0.3 is 6.09 Å². The second-order valence-electron chi connectivity index (χ2n) is 3.23. The van der Waals surface area contributed by atoms with Gasteiger partial charge in [-0.1, -0.05) is 23.7 Å². The molecule has 0 fully saturated rings. The molecule has 0 saturated heterocycles. The summed E-state index contributed by atoms with van der Waals surface area (Å²) in [6.07, 6.45) is -0.344. The molecule has 0 bridgehead atoms. The van der Waals surface area contributed by atoms with Crippen LogP contribution in [0.15, 0.2) is 24.3 Å². The summed E-state index contributed by atoms with van der Waals surface area (Å²) in [5.74, 6) is 0. The van der Waals surface area contributed by atoms with Gasteiger partial charge in [0.25, 0.3) is 0 Å². The van der Waals surface area contributed by atoms with Gasteiger partial charge in [-0.3, -0.25) is 0 Å². The first-order valence-corrected chi connectivity index (χ1v) is 5.21. The number of methoxy groups -OCH3 is 1. The summed E-state index contributed by atoms with van der Waals surface area (Å²) in [4.78, 5) is 10.4. The van der Waals surface area contributed by atoms with Crippen LogP contribution in [0.2, 0.25) is 5.02 Å². The Bertz CT molecular complexity index is 340.